The van der Waals surface area contributed by atoms with Gasteiger partial charge in [-0.2, -0.15) is 0 Å². The number of ether oxygens (including phenoxy) is 2. The highest BCUT2D eigenvalue weighted by atomic mass is 19.1. The van der Waals surface area contributed by atoms with E-state index in [2.05, 4.69) is 0 Å². The van der Waals surface area contributed by atoms with Gasteiger partial charge in [0, 0.05) is 6.07 Å². The molecule has 0 aromatic heterocycles. The van der Waals surface area contributed by atoms with Crippen molar-refractivity contribution in [2.75, 3.05) is 0 Å². The van der Waals surface area contributed by atoms with E-state index in [0.29, 0.717) is 17.1 Å². The first kappa shape index (κ1) is 17.0. The van der Waals surface area contributed by atoms with E-state index in [9.17, 15) is 9.18 Å². The second-order valence-corrected chi connectivity index (χ2v) is 6.43. The summed E-state index contributed by atoms with van der Waals surface area (Å²) >= 11 is 0. The van der Waals surface area contributed by atoms with Crippen LogP contribution < -0.4 is 9.47 Å². The van der Waals surface area contributed by atoms with Crippen LogP contribution in [0.4, 0.5) is 4.39 Å². The predicted octanol–water partition coefficient (Wildman–Crippen LogP) is 5.33. The summed E-state index contributed by atoms with van der Waals surface area (Å²) in [6, 6.07) is 19.2. The van der Waals surface area contributed by atoms with Gasteiger partial charge in [0.25, 0.3) is 0 Å². The lowest BCUT2D eigenvalue weighted by atomic mass is 10.1. The lowest BCUT2D eigenvalue weighted by molar-refractivity contribution is 0.101. The maximum absolute atomic E-state index is 13.2. The van der Waals surface area contributed by atoms with Crippen molar-refractivity contribution < 1.29 is 18.7 Å². The molecule has 0 saturated carbocycles. The van der Waals surface area contributed by atoms with Gasteiger partial charge < -0.3 is 9.47 Å². The molecule has 1 aliphatic heterocycles. The van der Waals surface area contributed by atoms with Crippen LogP contribution in [0, 0.1) is 12.7 Å². The molecule has 0 bridgehead atoms. The summed E-state index contributed by atoms with van der Waals surface area (Å²) in [5, 5.41) is 0. The van der Waals surface area contributed by atoms with Gasteiger partial charge in [-0.25, -0.2) is 4.39 Å². The van der Waals surface area contributed by atoms with Crippen LogP contribution in [-0.4, -0.2) is 5.78 Å². The van der Waals surface area contributed by atoms with Gasteiger partial charge in [0.2, 0.25) is 5.78 Å². The number of benzene rings is 3. The van der Waals surface area contributed by atoms with E-state index in [-0.39, 0.29) is 24.0 Å². The molecular weight excluding hydrogens is 343 g/mol. The Kier molecular flexibility index (Phi) is 4.47. The summed E-state index contributed by atoms with van der Waals surface area (Å²) in [7, 11) is 0. The number of aryl methyl sites for hydroxylation is 1. The molecule has 0 fully saturated rings. The van der Waals surface area contributed by atoms with Crippen LogP contribution in [0.15, 0.2) is 72.5 Å². The molecule has 1 aliphatic rings. The monoisotopic (exact) mass is 360 g/mol. The van der Waals surface area contributed by atoms with Gasteiger partial charge in [-0.1, -0.05) is 42.0 Å². The first-order valence-electron chi connectivity index (χ1n) is 8.61. The minimum atomic E-state index is -0.301. The van der Waals surface area contributed by atoms with Crippen LogP contribution in [0.25, 0.3) is 6.08 Å². The van der Waals surface area contributed by atoms with Crippen molar-refractivity contribution >= 4 is 11.9 Å². The lowest BCUT2D eigenvalue weighted by Gasteiger charge is -2.07. The Balaban J connectivity index is 1.52. The second-order valence-electron chi connectivity index (χ2n) is 6.43. The minimum absolute atomic E-state index is 0.150. The quantitative estimate of drug-likeness (QED) is 0.590. The minimum Gasteiger partial charge on any atom is -0.489 e. The number of Topliss-reactive ketones (excluding diaryl/α,β-unsaturated/α-hetero) is 1. The van der Waals surface area contributed by atoms with Crippen LogP contribution in [-0.2, 0) is 6.61 Å². The maximum Gasteiger partial charge on any atom is 0.231 e. The highest BCUT2D eigenvalue weighted by molar-refractivity contribution is 6.14. The van der Waals surface area contributed by atoms with E-state index in [1.165, 1.54) is 12.1 Å². The number of carbonyl (C=O) groups excluding carboxylic acids is 1. The molecule has 134 valence electrons. The number of rotatable bonds is 4. The van der Waals surface area contributed by atoms with E-state index in [4.69, 9.17) is 9.47 Å². The van der Waals surface area contributed by atoms with Gasteiger partial charge in [-0.15, -0.1) is 0 Å². The van der Waals surface area contributed by atoms with Gasteiger partial charge in [-0.05, 0) is 48.4 Å². The highest BCUT2D eigenvalue weighted by Crippen LogP contribution is 2.35. The van der Waals surface area contributed by atoms with Crippen molar-refractivity contribution in [2.45, 2.75) is 13.5 Å². The van der Waals surface area contributed by atoms with Crippen LogP contribution >= 0.6 is 0 Å². The van der Waals surface area contributed by atoms with Crippen molar-refractivity contribution in [1.82, 2.24) is 0 Å². The van der Waals surface area contributed by atoms with E-state index < -0.39 is 0 Å². The van der Waals surface area contributed by atoms with Crippen molar-refractivity contribution in [3.8, 4) is 11.5 Å². The summed E-state index contributed by atoms with van der Waals surface area (Å²) in [6.45, 7) is 2.23. The summed E-state index contributed by atoms with van der Waals surface area (Å²) in [5.74, 6) is 0.865. The summed E-state index contributed by atoms with van der Waals surface area (Å²) in [4.78, 5) is 12.5. The zero-order valence-corrected chi connectivity index (χ0v) is 14.7. The molecule has 4 heteroatoms. The van der Waals surface area contributed by atoms with E-state index in [0.717, 1.165) is 16.7 Å². The standard InChI is InChI=1S/C23H17FO3/c1-15-4-2-5-16(10-15)12-22-23(25)20-9-8-19(13-21(20)27-22)26-14-17-6-3-7-18(24)11-17/h2-13H,14H2,1H3/b22-12-. The molecule has 4 rings (SSSR count). The Morgan fingerprint density at radius 1 is 1.04 bits per heavy atom. The lowest BCUT2D eigenvalue weighted by Crippen LogP contribution is -1.98. The molecule has 0 N–H and O–H groups in total. The third-order valence-electron chi connectivity index (χ3n) is 4.28. The molecule has 3 nitrogen and oxygen atoms in total. The average Bonchev–Trinajstić information content (AvgIpc) is 2.95. The summed E-state index contributed by atoms with van der Waals surface area (Å²) in [6.07, 6.45) is 1.74. The van der Waals surface area contributed by atoms with Crippen molar-refractivity contribution in [2.24, 2.45) is 0 Å². The molecule has 0 spiro atoms. The topological polar surface area (TPSA) is 35.5 Å². The van der Waals surface area contributed by atoms with Crippen LogP contribution in [0.5, 0.6) is 11.5 Å². The fraction of sp³-hybridized carbons (Fsp3) is 0.0870. The Morgan fingerprint density at radius 2 is 1.89 bits per heavy atom. The summed E-state index contributed by atoms with van der Waals surface area (Å²) in [5.41, 5.74) is 3.26. The summed E-state index contributed by atoms with van der Waals surface area (Å²) < 4.78 is 24.7. The Morgan fingerprint density at radius 3 is 2.70 bits per heavy atom. The molecule has 0 atom stereocenters. The Labute approximate surface area is 156 Å². The van der Waals surface area contributed by atoms with Gasteiger partial charge in [0.05, 0.1) is 5.56 Å². The zero-order chi connectivity index (χ0) is 18.8. The number of halogens is 1. The molecule has 0 aliphatic carbocycles. The molecule has 0 saturated heterocycles. The van der Waals surface area contributed by atoms with E-state index in [1.807, 2.05) is 31.2 Å². The molecule has 27 heavy (non-hydrogen) atoms. The Bertz CT molecular complexity index is 1050. The fourth-order valence-corrected chi connectivity index (χ4v) is 2.96. The molecule has 0 unspecified atom stereocenters. The number of ketones is 1. The van der Waals surface area contributed by atoms with Gasteiger partial charge in [0.15, 0.2) is 5.76 Å². The first-order chi connectivity index (χ1) is 13.1. The van der Waals surface area contributed by atoms with Crippen LogP contribution in [0.2, 0.25) is 0 Å². The third kappa shape index (κ3) is 3.75. The van der Waals surface area contributed by atoms with Gasteiger partial charge in [-0.3, -0.25) is 4.79 Å². The van der Waals surface area contributed by atoms with Crippen molar-refractivity contribution in [1.29, 1.82) is 0 Å². The van der Waals surface area contributed by atoms with E-state index >= 15 is 0 Å². The number of hydrogen-bond donors (Lipinski definition) is 0. The molecule has 0 radical (unpaired) electrons. The maximum atomic E-state index is 13.2. The second kappa shape index (κ2) is 7.08. The zero-order valence-electron chi connectivity index (χ0n) is 14.7. The molecular formula is C23H17FO3. The van der Waals surface area contributed by atoms with Crippen molar-refractivity contribution in [3.05, 3.63) is 101 Å². The smallest absolute Gasteiger partial charge is 0.231 e. The largest absolute Gasteiger partial charge is 0.489 e. The predicted molar refractivity (Wildman–Crippen MR) is 101 cm³/mol. The van der Waals surface area contributed by atoms with Crippen LogP contribution in [0.3, 0.4) is 0 Å². The molecule has 0 amide bonds. The number of fused-ring (bicyclic) bond motifs is 1. The SMILES string of the molecule is Cc1cccc(/C=C2\Oc3cc(OCc4cccc(F)c4)ccc3C2=O)c1. The highest BCUT2D eigenvalue weighted by Gasteiger charge is 2.27. The normalized spacial score (nSPS) is 14.1. The van der Waals surface area contributed by atoms with Gasteiger partial charge in [0.1, 0.15) is 23.9 Å². The number of hydrogen-bond acceptors (Lipinski definition) is 3. The van der Waals surface area contributed by atoms with E-state index in [1.54, 1.807) is 36.4 Å². The van der Waals surface area contributed by atoms with Crippen molar-refractivity contribution in [3.63, 3.8) is 0 Å². The Hall–Kier alpha value is -3.40. The third-order valence-corrected chi connectivity index (χ3v) is 4.28. The average molecular weight is 360 g/mol. The molecule has 3 aromatic carbocycles. The molecule has 1 heterocycles. The number of carbonyl (C=O) groups is 1. The van der Waals surface area contributed by atoms with Gasteiger partial charge >= 0.3 is 0 Å². The molecule has 3 aromatic rings. The fourth-order valence-electron chi connectivity index (χ4n) is 2.96. The number of allylic oxidation sites excluding steroid dienone is 1. The first-order valence-corrected chi connectivity index (χ1v) is 8.61. The van der Waals surface area contributed by atoms with Crippen LogP contribution in [0.1, 0.15) is 27.0 Å².